The summed E-state index contributed by atoms with van der Waals surface area (Å²) in [5.74, 6) is 0.465. The zero-order valence-electron chi connectivity index (χ0n) is 16.1. The van der Waals surface area contributed by atoms with Gasteiger partial charge in [-0.05, 0) is 67.6 Å². The molecular formula is C22H20N4O3S. The number of amides is 1. The minimum atomic E-state index is -0.288. The van der Waals surface area contributed by atoms with Gasteiger partial charge in [-0.25, -0.2) is 4.98 Å². The average Bonchev–Trinajstić information content (AvgIpc) is 3.41. The van der Waals surface area contributed by atoms with Crippen molar-refractivity contribution >= 4 is 44.5 Å². The Labute approximate surface area is 176 Å². The molecule has 7 nitrogen and oxygen atoms in total. The second-order valence-electron chi connectivity index (χ2n) is 7.26. The van der Waals surface area contributed by atoms with E-state index in [1.54, 1.807) is 30.5 Å². The molecule has 4 aromatic rings. The quantitative estimate of drug-likeness (QED) is 0.343. The molecule has 1 amide bonds. The molecule has 1 aromatic carbocycles. The summed E-state index contributed by atoms with van der Waals surface area (Å²) in [4.78, 5) is 19.0. The van der Waals surface area contributed by atoms with Crippen LogP contribution in [0.25, 0.3) is 21.5 Å². The molecule has 0 radical (unpaired) electrons. The lowest BCUT2D eigenvalue weighted by molar-refractivity contribution is 0.103. The molecule has 5 rings (SSSR count). The van der Waals surface area contributed by atoms with Crippen LogP contribution in [0.4, 0.5) is 17.1 Å². The van der Waals surface area contributed by atoms with Crippen molar-refractivity contribution in [1.29, 1.82) is 0 Å². The molecule has 0 unspecified atom stereocenters. The first-order valence-corrected chi connectivity index (χ1v) is 10.6. The fraction of sp³-hybridized carbons (Fsp3) is 0.182. The van der Waals surface area contributed by atoms with Crippen LogP contribution in [-0.2, 0) is 12.8 Å². The molecule has 0 saturated carbocycles. The monoisotopic (exact) mass is 420 g/mol. The number of benzene rings is 1. The van der Waals surface area contributed by atoms with Crippen LogP contribution in [0, 0.1) is 0 Å². The molecule has 1 aliphatic carbocycles. The van der Waals surface area contributed by atoms with E-state index >= 15 is 0 Å². The molecule has 0 spiro atoms. The van der Waals surface area contributed by atoms with Crippen molar-refractivity contribution in [2.45, 2.75) is 25.7 Å². The van der Waals surface area contributed by atoms with Gasteiger partial charge in [0.25, 0.3) is 5.91 Å². The predicted molar refractivity (Wildman–Crippen MR) is 118 cm³/mol. The van der Waals surface area contributed by atoms with Crippen LogP contribution in [0.1, 0.15) is 33.8 Å². The summed E-state index contributed by atoms with van der Waals surface area (Å²) < 4.78 is 5.73. The first kappa shape index (κ1) is 18.7. The van der Waals surface area contributed by atoms with E-state index in [2.05, 4.69) is 10.8 Å². The van der Waals surface area contributed by atoms with Gasteiger partial charge in [0.15, 0.2) is 0 Å². The summed E-state index contributed by atoms with van der Waals surface area (Å²) in [6.45, 7) is 0. The Bertz CT molecular complexity index is 1230. The number of nitrogens with two attached hydrogens (primary N) is 1. The number of pyridine rings is 1. The van der Waals surface area contributed by atoms with E-state index in [1.807, 2.05) is 12.1 Å². The van der Waals surface area contributed by atoms with Crippen LogP contribution in [0.15, 0.2) is 47.1 Å². The van der Waals surface area contributed by atoms with Crippen LogP contribution < -0.4 is 16.5 Å². The zero-order valence-corrected chi connectivity index (χ0v) is 16.9. The first-order chi connectivity index (χ1) is 14.7. The van der Waals surface area contributed by atoms with Gasteiger partial charge < -0.3 is 15.5 Å². The Hall–Kier alpha value is -3.36. The molecule has 3 aromatic heterocycles. The number of anilines is 3. The number of nitrogens with zero attached hydrogens (tertiary/aromatic N) is 1. The normalized spacial score (nSPS) is 13.2. The summed E-state index contributed by atoms with van der Waals surface area (Å²) in [5, 5.41) is 12.6. The summed E-state index contributed by atoms with van der Waals surface area (Å²) in [6.07, 6.45) is 5.71. The smallest absolute Gasteiger partial charge is 0.267 e. The maximum Gasteiger partial charge on any atom is 0.267 e. The van der Waals surface area contributed by atoms with E-state index in [0.717, 1.165) is 52.9 Å². The Kier molecular flexibility index (Phi) is 4.65. The number of fused-ring (bicyclic) bond motifs is 2. The number of hydrogen-bond donors (Lipinski definition) is 4. The van der Waals surface area contributed by atoms with Crippen LogP contribution in [0.5, 0.6) is 0 Å². The fourth-order valence-electron chi connectivity index (χ4n) is 3.98. The molecular weight excluding hydrogens is 400 g/mol. The van der Waals surface area contributed by atoms with Gasteiger partial charge in [0.2, 0.25) is 0 Å². The molecule has 1 aliphatic rings. The highest BCUT2D eigenvalue weighted by Crippen LogP contribution is 2.44. The van der Waals surface area contributed by atoms with Gasteiger partial charge in [-0.3, -0.25) is 15.5 Å². The van der Waals surface area contributed by atoms with E-state index < -0.39 is 0 Å². The highest BCUT2D eigenvalue weighted by atomic mass is 32.1. The molecule has 0 fully saturated rings. The Morgan fingerprint density at radius 2 is 1.90 bits per heavy atom. The van der Waals surface area contributed by atoms with E-state index in [1.165, 1.54) is 16.9 Å². The molecule has 0 bridgehead atoms. The summed E-state index contributed by atoms with van der Waals surface area (Å²) in [7, 11) is 0. The largest absolute Gasteiger partial charge is 0.464 e. The maximum atomic E-state index is 13.0. The van der Waals surface area contributed by atoms with E-state index in [0.29, 0.717) is 21.9 Å². The number of nitrogens with one attached hydrogen (secondary N) is 2. The van der Waals surface area contributed by atoms with Gasteiger partial charge in [0, 0.05) is 22.3 Å². The van der Waals surface area contributed by atoms with E-state index in [9.17, 15) is 4.79 Å². The van der Waals surface area contributed by atoms with Gasteiger partial charge in [-0.2, -0.15) is 0 Å². The number of rotatable bonds is 4. The van der Waals surface area contributed by atoms with Crippen molar-refractivity contribution < 1.29 is 14.4 Å². The third-order valence-electron chi connectivity index (χ3n) is 5.40. The second kappa shape index (κ2) is 7.47. The number of thiophene rings is 1. The first-order valence-electron chi connectivity index (χ1n) is 9.75. The predicted octanol–water partition coefficient (Wildman–Crippen LogP) is 5.07. The zero-order chi connectivity index (χ0) is 20.7. The minimum absolute atomic E-state index is 0.288. The lowest BCUT2D eigenvalue weighted by Gasteiger charge is -2.18. The van der Waals surface area contributed by atoms with Crippen molar-refractivity contribution in [3.63, 3.8) is 0 Å². The Morgan fingerprint density at radius 3 is 2.63 bits per heavy atom. The van der Waals surface area contributed by atoms with Crippen LogP contribution in [-0.4, -0.2) is 16.1 Å². The van der Waals surface area contributed by atoms with Crippen molar-refractivity contribution in [2.75, 3.05) is 16.5 Å². The van der Waals surface area contributed by atoms with Gasteiger partial charge in [0.05, 0.1) is 17.6 Å². The number of aryl methyl sites for hydroxylation is 1. The average molecular weight is 420 g/mol. The SMILES string of the molecule is Nc1c(C(=O)Nc2ccc(NO)cc2)sc2nc3c(c(-c4ccco4)c12)CCCC3. The number of aromatic nitrogens is 1. The standard InChI is InChI=1S/C22H20N4O3S/c23-19-18-17(16-6-3-11-29-16)14-4-1-2-5-15(14)25-22(18)30-20(19)21(27)24-12-7-9-13(26-28)10-8-12/h3,6-11,26,28H,1-2,4-5,23H2,(H,24,27). The Morgan fingerprint density at radius 1 is 1.13 bits per heavy atom. The Balaban J connectivity index is 1.61. The van der Waals surface area contributed by atoms with Gasteiger partial charge in [0.1, 0.15) is 15.5 Å². The lowest BCUT2D eigenvalue weighted by atomic mass is 9.89. The van der Waals surface area contributed by atoms with Crippen molar-refractivity contribution in [3.8, 4) is 11.3 Å². The maximum absolute atomic E-state index is 13.0. The molecule has 0 aliphatic heterocycles. The van der Waals surface area contributed by atoms with Crippen molar-refractivity contribution in [1.82, 2.24) is 4.98 Å². The third kappa shape index (κ3) is 3.10. The van der Waals surface area contributed by atoms with Crippen molar-refractivity contribution in [2.24, 2.45) is 0 Å². The second-order valence-corrected chi connectivity index (χ2v) is 8.26. The van der Waals surface area contributed by atoms with Gasteiger partial charge in [-0.1, -0.05) is 0 Å². The summed E-state index contributed by atoms with van der Waals surface area (Å²) >= 11 is 1.30. The highest BCUT2D eigenvalue weighted by Gasteiger charge is 2.26. The minimum Gasteiger partial charge on any atom is -0.464 e. The van der Waals surface area contributed by atoms with Gasteiger partial charge in [-0.15, -0.1) is 11.3 Å². The molecule has 0 atom stereocenters. The number of hydrogen-bond acceptors (Lipinski definition) is 7. The summed E-state index contributed by atoms with van der Waals surface area (Å²) in [5.41, 5.74) is 13.3. The molecule has 3 heterocycles. The molecule has 152 valence electrons. The molecule has 30 heavy (non-hydrogen) atoms. The van der Waals surface area contributed by atoms with Crippen LogP contribution in [0.3, 0.4) is 0 Å². The fourth-order valence-corrected chi connectivity index (χ4v) is 5.00. The van der Waals surface area contributed by atoms with E-state index in [-0.39, 0.29) is 5.91 Å². The van der Waals surface area contributed by atoms with E-state index in [4.69, 9.17) is 20.3 Å². The number of nitrogen functional groups attached to an aromatic ring is 1. The highest BCUT2D eigenvalue weighted by molar-refractivity contribution is 7.21. The van der Waals surface area contributed by atoms with Crippen molar-refractivity contribution in [3.05, 3.63) is 58.8 Å². The topological polar surface area (TPSA) is 113 Å². The number of carbonyl (C=O) groups is 1. The van der Waals surface area contributed by atoms with Gasteiger partial charge >= 0.3 is 0 Å². The number of furan rings is 1. The van der Waals surface area contributed by atoms with Crippen LogP contribution in [0.2, 0.25) is 0 Å². The lowest BCUT2D eigenvalue weighted by Crippen LogP contribution is -2.12. The molecule has 0 saturated heterocycles. The summed E-state index contributed by atoms with van der Waals surface area (Å²) in [6, 6.07) is 10.5. The number of carbonyl (C=O) groups excluding carboxylic acids is 1. The third-order valence-corrected chi connectivity index (χ3v) is 6.50. The molecule has 8 heteroatoms. The molecule has 5 N–H and O–H groups in total. The van der Waals surface area contributed by atoms with Crippen LogP contribution >= 0.6 is 11.3 Å².